The molecule has 0 saturated carbocycles. The molecule has 1 aromatic heterocycles. The highest BCUT2D eigenvalue weighted by Crippen LogP contribution is 2.28. The molecule has 0 bridgehead atoms. The molecule has 0 spiro atoms. The summed E-state index contributed by atoms with van der Waals surface area (Å²) in [7, 11) is -1.59. The molecule has 0 radical (unpaired) electrons. The number of hydrogen-bond acceptors (Lipinski definition) is 5. The first-order valence-corrected chi connectivity index (χ1v) is 10.3. The van der Waals surface area contributed by atoms with Crippen LogP contribution in [-0.4, -0.2) is 31.0 Å². The van der Waals surface area contributed by atoms with Crippen molar-refractivity contribution in [2.24, 2.45) is 7.05 Å². The number of carbonyl (C=O) groups is 1. The van der Waals surface area contributed by atoms with Crippen LogP contribution in [0.3, 0.4) is 0 Å². The summed E-state index contributed by atoms with van der Waals surface area (Å²) >= 11 is 3.16. The summed E-state index contributed by atoms with van der Waals surface area (Å²) in [4.78, 5) is 16.1. The Morgan fingerprint density at radius 3 is 2.48 bits per heavy atom. The largest absolute Gasteiger partial charge is 0.495 e. The predicted octanol–water partition coefficient (Wildman–Crippen LogP) is 3.26. The smallest absolute Gasteiger partial charge is 0.285 e. The van der Waals surface area contributed by atoms with E-state index in [1.54, 1.807) is 6.07 Å². The van der Waals surface area contributed by atoms with E-state index >= 15 is 0 Å². The van der Waals surface area contributed by atoms with Gasteiger partial charge in [-0.25, -0.2) is 26.9 Å². The molecule has 1 amide bonds. The summed E-state index contributed by atoms with van der Waals surface area (Å²) in [6.45, 7) is 0. The van der Waals surface area contributed by atoms with Crippen molar-refractivity contribution in [3.63, 3.8) is 0 Å². The molecule has 1 N–H and O–H groups in total. The number of benzene rings is 2. The maximum absolute atomic E-state index is 14.0. The number of methoxy groups -OCH3 is 1. The molecular weight excluding hydrogens is 472 g/mol. The number of sulfonamides is 1. The number of hydrogen-bond donors (Lipinski definition) is 1. The predicted molar refractivity (Wildman–Crippen MR) is 104 cm³/mol. The van der Waals surface area contributed by atoms with Gasteiger partial charge < -0.3 is 9.30 Å². The van der Waals surface area contributed by atoms with Gasteiger partial charge in [0.25, 0.3) is 15.9 Å². The van der Waals surface area contributed by atoms with E-state index in [1.807, 2.05) is 4.72 Å². The molecule has 0 aliphatic carbocycles. The molecular formula is C18H14BrF2N3O4S. The molecule has 29 heavy (non-hydrogen) atoms. The van der Waals surface area contributed by atoms with Gasteiger partial charge in [-0.05, 0) is 30.3 Å². The van der Waals surface area contributed by atoms with Crippen LogP contribution in [0.4, 0.5) is 8.78 Å². The number of amides is 1. The number of nitrogens with one attached hydrogen (secondary N) is 1. The summed E-state index contributed by atoms with van der Waals surface area (Å²) in [5.74, 6) is -2.92. The molecule has 0 unspecified atom stereocenters. The number of aromatic nitrogens is 2. The average Bonchev–Trinajstić information content (AvgIpc) is 3.03. The molecule has 11 heteroatoms. The van der Waals surface area contributed by atoms with E-state index in [1.165, 1.54) is 43.1 Å². The zero-order chi connectivity index (χ0) is 21.3. The first-order valence-electron chi connectivity index (χ1n) is 8.02. The van der Waals surface area contributed by atoms with Crippen LogP contribution in [0, 0.1) is 11.6 Å². The van der Waals surface area contributed by atoms with Gasteiger partial charge >= 0.3 is 0 Å². The summed E-state index contributed by atoms with van der Waals surface area (Å²) in [6.07, 6.45) is 1.17. The second kappa shape index (κ2) is 7.91. The van der Waals surface area contributed by atoms with Crippen molar-refractivity contribution in [2.45, 2.75) is 4.90 Å². The normalized spacial score (nSPS) is 11.3. The van der Waals surface area contributed by atoms with Gasteiger partial charge in [0.1, 0.15) is 33.8 Å². The van der Waals surface area contributed by atoms with Crippen molar-refractivity contribution in [1.29, 1.82) is 0 Å². The lowest BCUT2D eigenvalue weighted by Gasteiger charge is -2.10. The summed E-state index contributed by atoms with van der Waals surface area (Å²) in [5.41, 5.74) is -0.756. The maximum Gasteiger partial charge on any atom is 0.285 e. The number of halogens is 3. The van der Waals surface area contributed by atoms with Crippen LogP contribution in [0.15, 0.2) is 52.0 Å². The molecule has 2 aromatic carbocycles. The van der Waals surface area contributed by atoms with Gasteiger partial charge in [-0.2, -0.15) is 0 Å². The number of ether oxygens (including phenoxy) is 1. The van der Waals surface area contributed by atoms with Crippen molar-refractivity contribution in [3.05, 3.63) is 64.4 Å². The Kier molecular flexibility index (Phi) is 5.71. The minimum absolute atomic E-state index is 0.0311. The minimum atomic E-state index is -4.31. The van der Waals surface area contributed by atoms with Crippen LogP contribution >= 0.6 is 15.9 Å². The van der Waals surface area contributed by atoms with Gasteiger partial charge in [-0.1, -0.05) is 22.0 Å². The van der Waals surface area contributed by atoms with Crippen molar-refractivity contribution >= 4 is 31.9 Å². The van der Waals surface area contributed by atoms with Gasteiger partial charge in [0.15, 0.2) is 0 Å². The Labute approximate surface area is 173 Å². The van der Waals surface area contributed by atoms with Crippen LogP contribution in [0.1, 0.15) is 10.5 Å². The van der Waals surface area contributed by atoms with E-state index in [9.17, 15) is 22.0 Å². The topological polar surface area (TPSA) is 90.3 Å². The molecule has 3 rings (SSSR count). The Balaban J connectivity index is 1.96. The van der Waals surface area contributed by atoms with Gasteiger partial charge in [-0.3, -0.25) is 4.79 Å². The fourth-order valence-corrected chi connectivity index (χ4v) is 4.28. The first kappa shape index (κ1) is 20.9. The molecule has 0 saturated heterocycles. The van der Waals surface area contributed by atoms with E-state index < -0.39 is 33.1 Å². The second-order valence-electron chi connectivity index (χ2n) is 5.89. The zero-order valence-electron chi connectivity index (χ0n) is 15.1. The van der Waals surface area contributed by atoms with E-state index in [0.717, 1.165) is 12.1 Å². The highest BCUT2D eigenvalue weighted by Gasteiger charge is 2.26. The Morgan fingerprint density at radius 2 is 1.86 bits per heavy atom. The second-order valence-corrected chi connectivity index (χ2v) is 8.45. The average molecular weight is 486 g/mol. The third kappa shape index (κ3) is 4.15. The molecule has 0 fully saturated rings. The van der Waals surface area contributed by atoms with Gasteiger partial charge in [-0.15, -0.1) is 0 Å². The highest BCUT2D eigenvalue weighted by molar-refractivity contribution is 9.10. The van der Waals surface area contributed by atoms with Crippen molar-refractivity contribution in [2.75, 3.05) is 7.11 Å². The standard InChI is InChI=1S/C18H14BrF2N3O4S/c1-24-9-13(22-17(24)16-11(20)4-3-5-12(16)21)18(25)23-29(26,27)15-8-10(19)6-7-14(15)28-2/h3-9H,1-2H3,(H,23,25). The summed E-state index contributed by atoms with van der Waals surface area (Å²) < 4.78 is 61.9. The molecule has 3 aromatic rings. The van der Waals surface area contributed by atoms with Crippen LogP contribution in [0.2, 0.25) is 0 Å². The van der Waals surface area contributed by atoms with Crippen molar-refractivity contribution in [3.8, 4) is 17.1 Å². The number of imidazole rings is 1. The summed E-state index contributed by atoms with van der Waals surface area (Å²) in [6, 6.07) is 7.57. The molecule has 7 nitrogen and oxygen atoms in total. The minimum Gasteiger partial charge on any atom is -0.495 e. The first-order chi connectivity index (χ1) is 13.6. The Morgan fingerprint density at radius 1 is 1.21 bits per heavy atom. The molecule has 0 aliphatic rings. The molecule has 152 valence electrons. The number of aryl methyl sites for hydroxylation is 1. The lowest BCUT2D eigenvalue weighted by Crippen LogP contribution is -2.31. The maximum atomic E-state index is 14.0. The van der Waals surface area contributed by atoms with Crippen LogP contribution < -0.4 is 9.46 Å². The third-order valence-electron chi connectivity index (χ3n) is 3.94. The van der Waals surface area contributed by atoms with E-state index in [2.05, 4.69) is 20.9 Å². The number of nitrogens with zero attached hydrogens (tertiary/aromatic N) is 2. The Hall–Kier alpha value is -2.79. The number of carbonyl (C=O) groups excluding carboxylic acids is 1. The van der Waals surface area contributed by atoms with Crippen molar-refractivity contribution in [1.82, 2.24) is 14.3 Å². The highest BCUT2D eigenvalue weighted by atomic mass is 79.9. The van der Waals surface area contributed by atoms with Gasteiger partial charge in [0.2, 0.25) is 0 Å². The van der Waals surface area contributed by atoms with Gasteiger partial charge in [0, 0.05) is 17.7 Å². The van der Waals surface area contributed by atoms with Crippen LogP contribution in [-0.2, 0) is 17.1 Å². The number of rotatable bonds is 5. The SMILES string of the molecule is COc1ccc(Br)cc1S(=O)(=O)NC(=O)c1cn(C)c(-c2c(F)cccc2F)n1. The lowest BCUT2D eigenvalue weighted by molar-refractivity contribution is 0.0977. The van der Waals surface area contributed by atoms with E-state index in [4.69, 9.17) is 4.74 Å². The molecule has 0 atom stereocenters. The monoisotopic (exact) mass is 485 g/mol. The van der Waals surface area contributed by atoms with E-state index in [-0.39, 0.29) is 22.2 Å². The molecule has 1 heterocycles. The lowest BCUT2D eigenvalue weighted by atomic mass is 10.2. The summed E-state index contributed by atoms with van der Waals surface area (Å²) in [5, 5.41) is 0. The van der Waals surface area contributed by atoms with Crippen LogP contribution in [0.5, 0.6) is 5.75 Å². The molecule has 0 aliphatic heterocycles. The zero-order valence-corrected chi connectivity index (χ0v) is 17.5. The van der Waals surface area contributed by atoms with Crippen LogP contribution in [0.25, 0.3) is 11.4 Å². The van der Waals surface area contributed by atoms with E-state index in [0.29, 0.717) is 4.47 Å². The third-order valence-corrected chi connectivity index (χ3v) is 5.78. The van der Waals surface area contributed by atoms with Crippen molar-refractivity contribution < 1.29 is 26.7 Å². The fraction of sp³-hybridized carbons (Fsp3) is 0.111. The quantitative estimate of drug-likeness (QED) is 0.598. The Bertz CT molecular complexity index is 1190. The van der Waals surface area contributed by atoms with Gasteiger partial charge in [0.05, 0.1) is 12.7 Å². The fourth-order valence-electron chi connectivity index (χ4n) is 2.61.